The summed E-state index contributed by atoms with van der Waals surface area (Å²) in [7, 11) is 0. The molecule has 3 amide bonds. The van der Waals surface area contributed by atoms with E-state index >= 15 is 0 Å². The highest BCUT2D eigenvalue weighted by Gasteiger charge is 2.38. The van der Waals surface area contributed by atoms with Gasteiger partial charge in [0.05, 0.1) is 0 Å². The molecule has 27 heavy (non-hydrogen) atoms. The number of hydrogen-bond donors (Lipinski definition) is 2. The quantitative estimate of drug-likeness (QED) is 0.686. The molecule has 7 nitrogen and oxygen atoms in total. The first-order valence-corrected chi connectivity index (χ1v) is 10.2. The van der Waals surface area contributed by atoms with Crippen LogP contribution in [-0.4, -0.2) is 54.8 Å². The van der Waals surface area contributed by atoms with Crippen LogP contribution in [0.15, 0.2) is 22.7 Å². The van der Waals surface area contributed by atoms with Crippen molar-refractivity contribution in [1.29, 1.82) is 0 Å². The number of fused-ring (bicyclic) bond motifs is 1. The van der Waals surface area contributed by atoms with Crippen LogP contribution in [0.1, 0.15) is 38.3 Å². The van der Waals surface area contributed by atoms with Crippen molar-refractivity contribution in [1.82, 2.24) is 15.5 Å². The third-order valence-corrected chi connectivity index (χ3v) is 5.80. The van der Waals surface area contributed by atoms with E-state index in [4.69, 9.17) is 0 Å². The van der Waals surface area contributed by atoms with Crippen LogP contribution in [0.2, 0.25) is 0 Å². The SMILES string of the molecule is CCN1C(=O)[C@H](NC(=O)C(=O)NC[C@H]2CCCN2CC)c2cc(Br)ccc21. The number of halogens is 1. The van der Waals surface area contributed by atoms with Crippen molar-refractivity contribution >= 4 is 39.3 Å². The number of likely N-dealkylation sites (tertiary alicyclic amines) is 1. The molecular formula is C19H25BrN4O3. The molecule has 0 spiro atoms. The fraction of sp³-hybridized carbons (Fsp3) is 0.526. The largest absolute Gasteiger partial charge is 0.346 e. The van der Waals surface area contributed by atoms with Crippen LogP contribution in [0, 0.1) is 0 Å². The van der Waals surface area contributed by atoms with E-state index in [1.54, 1.807) is 4.90 Å². The summed E-state index contributed by atoms with van der Waals surface area (Å²) in [4.78, 5) is 41.2. The molecule has 2 atom stereocenters. The number of anilines is 1. The number of carbonyl (C=O) groups is 3. The maximum atomic E-state index is 12.7. The maximum Gasteiger partial charge on any atom is 0.310 e. The van der Waals surface area contributed by atoms with E-state index in [0.717, 1.165) is 36.1 Å². The van der Waals surface area contributed by atoms with Crippen molar-refractivity contribution in [3.05, 3.63) is 28.2 Å². The molecule has 2 aliphatic rings. The Morgan fingerprint density at radius 1 is 1.22 bits per heavy atom. The second-order valence-corrected chi connectivity index (χ2v) is 7.74. The number of carbonyl (C=O) groups excluding carboxylic acids is 3. The normalized spacial score (nSPS) is 22.0. The van der Waals surface area contributed by atoms with Gasteiger partial charge in [0, 0.05) is 34.9 Å². The minimum Gasteiger partial charge on any atom is -0.346 e. The van der Waals surface area contributed by atoms with Crippen LogP contribution in [0.4, 0.5) is 5.69 Å². The Bertz CT molecular complexity index is 754. The maximum absolute atomic E-state index is 12.7. The highest BCUT2D eigenvalue weighted by Crippen LogP contribution is 2.37. The third-order valence-electron chi connectivity index (χ3n) is 5.31. The summed E-state index contributed by atoms with van der Waals surface area (Å²) in [5.41, 5.74) is 1.46. The average Bonchev–Trinajstić information content (AvgIpc) is 3.22. The molecule has 146 valence electrons. The zero-order valence-corrected chi connectivity index (χ0v) is 17.2. The van der Waals surface area contributed by atoms with Crippen molar-refractivity contribution in [3.63, 3.8) is 0 Å². The molecule has 1 saturated heterocycles. The predicted octanol–water partition coefficient (Wildman–Crippen LogP) is 1.57. The number of nitrogens with one attached hydrogen (secondary N) is 2. The topological polar surface area (TPSA) is 81.8 Å². The fourth-order valence-corrected chi connectivity index (χ4v) is 4.28. The molecular weight excluding hydrogens is 412 g/mol. The lowest BCUT2D eigenvalue weighted by atomic mass is 10.1. The minimum absolute atomic E-state index is 0.222. The van der Waals surface area contributed by atoms with E-state index < -0.39 is 17.9 Å². The summed E-state index contributed by atoms with van der Waals surface area (Å²) >= 11 is 3.40. The molecule has 0 aliphatic carbocycles. The van der Waals surface area contributed by atoms with Crippen LogP contribution in [0.3, 0.4) is 0 Å². The van der Waals surface area contributed by atoms with Crippen LogP contribution in [0.25, 0.3) is 0 Å². The third kappa shape index (κ3) is 4.01. The molecule has 2 N–H and O–H groups in total. The summed E-state index contributed by atoms with van der Waals surface area (Å²) in [5.74, 6) is -1.70. The van der Waals surface area contributed by atoms with Crippen LogP contribution < -0.4 is 15.5 Å². The van der Waals surface area contributed by atoms with Crippen LogP contribution in [0.5, 0.6) is 0 Å². The molecule has 0 radical (unpaired) electrons. The molecule has 8 heteroatoms. The molecule has 3 rings (SSSR count). The Kier molecular flexibility index (Phi) is 6.16. The number of amides is 3. The van der Waals surface area contributed by atoms with E-state index in [9.17, 15) is 14.4 Å². The molecule has 1 aromatic carbocycles. The highest BCUT2D eigenvalue weighted by molar-refractivity contribution is 9.10. The summed E-state index contributed by atoms with van der Waals surface area (Å²) in [6, 6.07) is 4.93. The van der Waals surface area contributed by atoms with Crippen molar-refractivity contribution in [2.24, 2.45) is 0 Å². The summed E-state index contributed by atoms with van der Waals surface area (Å²) in [6.45, 7) is 6.87. The minimum atomic E-state index is -0.839. The van der Waals surface area contributed by atoms with E-state index in [1.165, 1.54) is 0 Å². The number of benzene rings is 1. The van der Waals surface area contributed by atoms with Gasteiger partial charge in [0.2, 0.25) is 0 Å². The van der Waals surface area contributed by atoms with Gasteiger partial charge in [-0.25, -0.2) is 0 Å². The summed E-state index contributed by atoms with van der Waals surface area (Å²) in [6.07, 6.45) is 2.12. The van der Waals surface area contributed by atoms with Crippen molar-refractivity contribution in [3.8, 4) is 0 Å². The second kappa shape index (κ2) is 8.39. The Labute approximate surface area is 167 Å². The van der Waals surface area contributed by atoms with Gasteiger partial charge in [-0.1, -0.05) is 22.9 Å². The molecule has 1 aromatic rings. The number of rotatable bonds is 5. The van der Waals surface area contributed by atoms with E-state index in [0.29, 0.717) is 18.7 Å². The number of nitrogens with zero attached hydrogens (tertiary/aromatic N) is 2. The molecule has 2 heterocycles. The lowest BCUT2D eigenvalue weighted by Crippen LogP contribution is -2.47. The number of likely N-dealkylation sites (N-methyl/N-ethyl adjacent to an activating group) is 2. The van der Waals surface area contributed by atoms with Gasteiger partial charge in [0.1, 0.15) is 6.04 Å². The molecule has 0 unspecified atom stereocenters. The highest BCUT2D eigenvalue weighted by atomic mass is 79.9. The van der Waals surface area contributed by atoms with Crippen molar-refractivity contribution < 1.29 is 14.4 Å². The summed E-state index contributed by atoms with van der Waals surface area (Å²) < 4.78 is 0.816. The smallest absolute Gasteiger partial charge is 0.310 e. The van der Waals surface area contributed by atoms with Crippen LogP contribution in [-0.2, 0) is 14.4 Å². The Balaban J connectivity index is 1.64. The van der Waals surface area contributed by atoms with Gasteiger partial charge in [-0.3, -0.25) is 19.3 Å². The first-order valence-electron chi connectivity index (χ1n) is 9.39. The molecule has 0 bridgehead atoms. The first kappa shape index (κ1) is 19.8. The van der Waals surface area contributed by atoms with Crippen molar-refractivity contribution in [2.45, 2.75) is 38.8 Å². The Morgan fingerprint density at radius 2 is 2.00 bits per heavy atom. The Hall–Kier alpha value is -1.93. The van der Waals surface area contributed by atoms with Gasteiger partial charge in [0.15, 0.2) is 0 Å². The monoisotopic (exact) mass is 436 g/mol. The molecule has 1 fully saturated rings. The molecule has 0 aromatic heterocycles. The summed E-state index contributed by atoms with van der Waals surface area (Å²) in [5, 5.41) is 5.31. The predicted molar refractivity (Wildman–Crippen MR) is 106 cm³/mol. The lowest BCUT2D eigenvalue weighted by Gasteiger charge is -2.22. The van der Waals surface area contributed by atoms with E-state index in [2.05, 4.69) is 38.4 Å². The van der Waals surface area contributed by atoms with E-state index in [-0.39, 0.29) is 11.9 Å². The van der Waals surface area contributed by atoms with Crippen LogP contribution >= 0.6 is 15.9 Å². The number of hydrogen-bond acceptors (Lipinski definition) is 4. The Morgan fingerprint density at radius 3 is 2.70 bits per heavy atom. The van der Waals surface area contributed by atoms with Gasteiger partial charge >= 0.3 is 11.8 Å². The molecule has 2 aliphatic heterocycles. The lowest BCUT2D eigenvalue weighted by molar-refractivity contribution is -0.140. The van der Waals surface area contributed by atoms with Gasteiger partial charge in [-0.2, -0.15) is 0 Å². The zero-order chi connectivity index (χ0) is 19.6. The zero-order valence-electron chi connectivity index (χ0n) is 15.6. The van der Waals surface area contributed by atoms with Gasteiger partial charge in [-0.15, -0.1) is 0 Å². The van der Waals surface area contributed by atoms with Gasteiger partial charge in [-0.05, 0) is 51.1 Å². The van der Waals surface area contributed by atoms with Gasteiger partial charge < -0.3 is 15.5 Å². The fourth-order valence-electron chi connectivity index (χ4n) is 3.91. The van der Waals surface area contributed by atoms with E-state index in [1.807, 2.05) is 25.1 Å². The average molecular weight is 437 g/mol. The standard InChI is InChI=1S/C19H25BrN4O3/c1-3-23-9-5-6-13(23)11-21-17(25)18(26)22-16-14-10-12(20)7-8-15(14)24(4-2)19(16)27/h7-8,10,13,16H,3-6,9,11H2,1-2H3,(H,21,25)(H,22,26)/t13-,16-/m1/s1. The second-order valence-electron chi connectivity index (χ2n) is 6.83. The first-order chi connectivity index (χ1) is 13.0. The van der Waals surface area contributed by atoms with Crippen molar-refractivity contribution in [2.75, 3.05) is 31.1 Å². The molecule has 0 saturated carbocycles. The van der Waals surface area contributed by atoms with Gasteiger partial charge in [0.25, 0.3) is 5.91 Å².